The van der Waals surface area contributed by atoms with Gasteiger partial charge in [0.15, 0.2) is 6.61 Å². The second-order valence-electron chi connectivity index (χ2n) is 4.33. The first kappa shape index (κ1) is 15.8. The van der Waals surface area contributed by atoms with Gasteiger partial charge >= 0.3 is 0 Å². The molecule has 1 aromatic rings. The van der Waals surface area contributed by atoms with Crippen molar-refractivity contribution in [2.24, 2.45) is 0 Å². The maximum atomic E-state index is 11.5. The molecule has 0 atom stereocenters. The van der Waals surface area contributed by atoms with Crippen molar-refractivity contribution in [1.82, 2.24) is 5.32 Å². The van der Waals surface area contributed by atoms with Crippen LogP contribution in [0, 0.1) is 6.92 Å². The molecule has 1 rings (SSSR count). The van der Waals surface area contributed by atoms with E-state index in [-0.39, 0.29) is 19.1 Å². The van der Waals surface area contributed by atoms with Crippen LogP contribution in [-0.2, 0) is 4.79 Å². The number of benzene rings is 1. The van der Waals surface area contributed by atoms with Gasteiger partial charge in [0.2, 0.25) is 0 Å². The number of carbonyl (C=O) groups is 1. The minimum absolute atomic E-state index is 0.00106. The third-order valence-corrected chi connectivity index (χ3v) is 3.08. The number of nitrogens with one attached hydrogen (secondary N) is 1. The molecule has 0 fully saturated rings. The van der Waals surface area contributed by atoms with E-state index in [0.717, 1.165) is 24.8 Å². The van der Waals surface area contributed by atoms with Crippen molar-refractivity contribution in [3.63, 3.8) is 0 Å². The molecule has 0 saturated carbocycles. The molecule has 0 heterocycles. The molecule has 0 saturated heterocycles. The fourth-order valence-electron chi connectivity index (χ4n) is 1.55. The van der Waals surface area contributed by atoms with Gasteiger partial charge in [0.25, 0.3) is 5.91 Å². The molecule has 2 N–H and O–H groups in total. The fraction of sp³-hybridized carbons (Fsp3) is 0.500. The highest BCUT2D eigenvalue weighted by Gasteiger charge is 2.03. The van der Waals surface area contributed by atoms with Gasteiger partial charge in [-0.1, -0.05) is 11.6 Å². The molecule has 1 aromatic carbocycles. The van der Waals surface area contributed by atoms with Crippen LogP contribution < -0.4 is 10.1 Å². The van der Waals surface area contributed by atoms with Gasteiger partial charge in [-0.2, -0.15) is 0 Å². The van der Waals surface area contributed by atoms with E-state index in [1.165, 1.54) is 0 Å². The summed E-state index contributed by atoms with van der Waals surface area (Å²) < 4.78 is 5.37. The van der Waals surface area contributed by atoms with E-state index in [9.17, 15) is 4.79 Å². The summed E-state index contributed by atoms with van der Waals surface area (Å²) in [6.07, 6.45) is 2.55. The lowest BCUT2D eigenvalue weighted by Crippen LogP contribution is -2.29. The van der Waals surface area contributed by atoms with E-state index in [4.69, 9.17) is 21.4 Å². The predicted octanol–water partition coefficient (Wildman–Crippen LogP) is 2.31. The molecule has 5 heteroatoms. The van der Waals surface area contributed by atoms with Crippen LogP contribution >= 0.6 is 11.6 Å². The molecular weight excluding hydrogens is 266 g/mol. The lowest BCUT2D eigenvalue weighted by Gasteiger charge is -2.08. The Bertz CT molecular complexity index is 410. The van der Waals surface area contributed by atoms with Gasteiger partial charge in [0.05, 0.1) is 0 Å². The molecule has 0 aliphatic carbocycles. The quantitative estimate of drug-likeness (QED) is 0.721. The summed E-state index contributed by atoms with van der Waals surface area (Å²) in [5, 5.41) is 12.1. The van der Waals surface area contributed by atoms with Crippen LogP contribution in [0.1, 0.15) is 24.8 Å². The molecule has 0 aromatic heterocycles. The molecule has 0 aliphatic heterocycles. The second kappa shape index (κ2) is 8.77. The standard InChI is InChI=1S/C14H20ClNO3/c1-11-9-12(5-6-13(11)15)19-10-14(18)16-7-3-2-4-8-17/h5-6,9,17H,2-4,7-8,10H2,1H3,(H,16,18). The Morgan fingerprint density at radius 1 is 1.37 bits per heavy atom. The lowest BCUT2D eigenvalue weighted by atomic mass is 10.2. The van der Waals surface area contributed by atoms with E-state index in [2.05, 4.69) is 5.32 Å². The molecule has 0 aliphatic rings. The summed E-state index contributed by atoms with van der Waals surface area (Å²) in [6.45, 7) is 2.70. The molecule has 0 bridgehead atoms. The molecule has 0 unspecified atom stereocenters. The first-order chi connectivity index (χ1) is 9.13. The average Bonchev–Trinajstić information content (AvgIpc) is 2.40. The Morgan fingerprint density at radius 2 is 2.16 bits per heavy atom. The number of aliphatic hydroxyl groups is 1. The van der Waals surface area contributed by atoms with E-state index in [1.807, 2.05) is 6.92 Å². The molecule has 1 amide bonds. The molecular formula is C14H20ClNO3. The Balaban J connectivity index is 2.20. The number of rotatable bonds is 8. The van der Waals surface area contributed by atoms with Crippen LogP contribution in [0.5, 0.6) is 5.75 Å². The normalized spacial score (nSPS) is 10.3. The Hall–Kier alpha value is -1.26. The molecule has 0 radical (unpaired) electrons. The van der Waals surface area contributed by atoms with Gasteiger partial charge in [0, 0.05) is 18.2 Å². The maximum Gasteiger partial charge on any atom is 0.257 e. The van der Waals surface area contributed by atoms with Gasteiger partial charge in [-0.3, -0.25) is 4.79 Å². The molecule has 106 valence electrons. The summed E-state index contributed by atoms with van der Waals surface area (Å²) in [6, 6.07) is 5.29. The van der Waals surface area contributed by atoms with Gasteiger partial charge in [-0.25, -0.2) is 0 Å². The fourth-order valence-corrected chi connectivity index (χ4v) is 1.67. The first-order valence-corrected chi connectivity index (χ1v) is 6.78. The summed E-state index contributed by atoms with van der Waals surface area (Å²) in [5.74, 6) is 0.494. The van der Waals surface area contributed by atoms with Crippen LogP contribution in [0.15, 0.2) is 18.2 Å². The van der Waals surface area contributed by atoms with Crippen molar-refractivity contribution < 1.29 is 14.6 Å². The van der Waals surface area contributed by atoms with Crippen LogP contribution in [0.3, 0.4) is 0 Å². The van der Waals surface area contributed by atoms with Crippen LogP contribution in [-0.4, -0.2) is 30.8 Å². The van der Waals surface area contributed by atoms with E-state index < -0.39 is 0 Å². The monoisotopic (exact) mass is 285 g/mol. The van der Waals surface area contributed by atoms with Crippen molar-refractivity contribution in [3.8, 4) is 5.75 Å². The molecule has 19 heavy (non-hydrogen) atoms. The van der Waals surface area contributed by atoms with Crippen molar-refractivity contribution in [2.75, 3.05) is 19.8 Å². The Labute approximate surface area is 118 Å². The number of hydrogen-bond donors (Lipinski definition) is 2. The van der Waals surface area contributed by atoms with Crippen molar-refractivity contribution >= 4 is 17.5 Å². The highest BCUT2D eigenvalue weighted by Crippen LogP contribution is 2.20. The average molecular weight is 286 g/mol. The summed E-state index contributed by atoms with van der Waals surface area (Å²) in [7, 11) is 0. The SMILES string of the molecule is Cc1cc(OCC(=O)NCCCCCO)ccc1Cl. The van der Waals surface area contributed by atoms with Crippen LogP contribution in [0.4, 0.5) is 0 Å². The highest BCUT2D eigenvalue weighted by molar-refractivity contribution is 6.31. The smallest absolute Gasteiger partial charge is 0.257 e. The number of ether oxygens (including phenoxy) is 1. The zero-order chi connectivity index (χ0) is 14.1. The van der Waals surface area contributed by atoms with Crippen LogP contribution in [0.2, 0.25) is 5.02 Å². The summed E-state index contributed by atoms with van der Waals surface area (Å²) in [5.41, 5.74) is 0.920. The number of unbranched alkanes of at least 4 members (excludes halogenated alkanes) is 2. The largest absolute Gasteiger partial charge is 0.484 e. The zero-order valence-corrected chi connectivity index (χ0v) is 11.9. The number of amides is 1. The summed E-state index contributed by atoms with van der Waals surface area (Å²) >= 11 is 5.90. The highest BCUT2D eigenvalue weighted by atomic mass is 35.5. The van der Waals surface area contributed by atoms with Crippen LogP contribution in [0.25, 0.3) is 0 Å². The first-order valence-electron chi connectivity index (χ1n) is 6.40. The van der Waals surface area contributed by atoms with Gasteiger partial charge in [-0.15, -0.1) is 0 Å². The van der Waals surface area contributed by atoms with E-state index in [0.29, 0.717) is 17.3 Å². The Kier molecular flexibility index (Phi) is 7.30. The number of aliphatic hydroxyl groups excluding tert-OH is 1. The minimum Gasteiger partial charge on any atom is -0.484 e. The molecule has 4 nitrogen and oxygen atoms in total. The number of carbonyl (C=O) groups excluding carboxylic acids is 1. The van der Waals surface area contributed by atoms with E-state index >= 15 is 0 Å². The summed E-state index contributed by atoms with van der Waals surface area (Å²) in [4.78, 5) is 11.5. The predicted molar refractivity (Wildman–Crippen MR) is 75.6 cm³/mol. The Morgan fingerprint density at radius 3 is 2.84 bits per heavy atom. The van der Waals surface area contributed by atoms with Gasteiger partial charge in [-0.05, 0) is 49.9 Å². The third-order valence-electron chi connectivity index (χ3n) is 2.66. The van der Waals surface area contributed by atoms with Crippen molar-refractivity contribution in [1.29, 1.82) is 0 Å². The zero-order valence-electron chi connectivity index (χ0n) is 11.1. The number of hydrogen-bond acceptors (Lipinski definition) is 3. The third kappa shape index (κ3) is 6.45. The minimum atomic E-state index is -0.142. The van der Waals surface area contributed by atoms with Crippen molar-refractivity contribution in [2.45, 2.75) is 26.2 Å². The van der Waals surface area contributed by atoms with E-state index in [1.54, 1.807) is 18.2 Å². The van der Waals surface area contributed by atoms with Gasteiger partial charge in [0.1, 0.15) is 5.75 Å². The van der Waals surface area contributed by atoms with Gasteiger partial charge < -0.3 is 15.2 Å². The molecule has 0 spiro atoms. The second-order valence-corrected chi connectivity index (χ2v) is 4.74. The number of halogens is 1. The maximum absolute atomic E-state index is 11.5. The number of aryl methyl sites for hydroxylation is 1. The van der Waals surface area contributed by atoms with Crippen molar-refractivity contribution in [3.05, 3.63) is 28.8 Å². The lowest BCUT2D eigenvalue weighted by molar-refractivity contribution is -0.123. The topological polar surface area (TPSA) is 58.6 Å².